The molecule has 1 heterocycles. The van der Waals surface area contributed by atoms with Crippen LogP contribution in [0, 0.1) is 5.82 Å². The zero-order chi connectivity index (χ0) is 21.8. The summed E-state index contributed by atoms with van der Waals surface area (Å²) in [5, 5.41) is 6.34. The number of hydrogen-bond donors (Lipinski definition) is 3. The van der Waals surface area contributed by atoms with Gasteiger partial charge in [-0.1, -0.05) is 30.3 Å². The van der Waals surface area contributed by atoms with Crippen LogP contribution in [0.4, 0.5) is 15.8 Å². The number of halogens is 1. The van der Waals surface area contributed by atoms with Crippen molar-refractivity contribution in [3.63, 3.8) is 0 Å². The van der Waals surface area contributed by atoms with E-state index in [4.69, 9.17) is 0 Å². The van der Waals surface area contributed by atoms with Crippen molar-refractivity contribution in [2.75, 3.05) is 10.6 Å². The van der Waals surface area contributed by atoms with Gasteiger partial charge in [0.2, 0.25) is 11.8 Å². The third-order valence-electron chi connectivity index (χ3n) is 5.02. The molecular weight excluding hydrogens is 393 g/mol. The van der Waals surface area contributed by atoms with Crippen molar-refractivity contribution in [3.05, 3.63) is 84.2 Å². The Labute approximate surface area is 179 Å². The highest BCUT2D eigenvalue weighted by Gasteiger charge is 2.15. The molecule has 0 fully saturated rings. The summed E-state index contributed by atoms with van der Waals surface area (Å²) in [4.78, 5) is 27.0. The summed E-state index contributed by atoms with van der Waals surface area (Å²) in [6.07, 6.45) is 0.709. The standard InChI is InChI=1S/C25H22FN3O2/c1-16(30)27-19-8-10-20(11-9-19)28-24(31)14-12-21-22-15-18(26)7-13-23(22)29-25(21)17-5-3-2-4-6-17/h2-11,13,15,29H,12,14H2,1H3,(H,27,30)(H,28,31). The van der Waals surface area contributed by atoms with E-state index in [0.29, 0.717) is 17.8 Å². The molecule has 5 nitrogen and oxygen atoms in total. The van der Waals surface area contributed by atoms with Gasteiger partial charge in [-0.2, -0.15) is 0 Å². The van der Waals surface area contributed by atoms with Crippen molar-refractivity contribution in [3.8, 4) is 11.3 Å². The highest BCUT2D eigenvalue weighted by Crippen LogP contribution is 2.32. The summed E-state index contributed by atoms with van der Waals surface area (Å²) in [5.41, 5.74) is 4.95. The Morgan fingerprint density at radius 1 is 0.903 bits per heavy atom. The SMILES string of the molecule is CC(=O)Nc1ccc(NC(=O)CCc2c(-c3ccccc3)[nH]c3ccc(F)cc23)cc1. The van der Waals surface area contributed by atoms with E-state index >= 15 is 0 Å². The quantitative estimate of drug-likeness (QED) is 0.389. The van der Waals surface area contributed by atoms with Gasteiger partial charge in [0.25, 0.3) is 0 Å². The number of H-pyrrole nitrogens is 1. The topological polar surface area (TPSA) is 74.0 Å². The first-order valence-corrected chi connectivity index (χ1v) is 10.0. The fraction of sp³-hybridized carbons (Fsp3) is 0.120. The van der Waals surface area contributed by atoms with Gasteiger partial charge in [0.05, 0.1) is 0 Å². The number of benzene rings is 3. The Hall–Kier alpha value is -3.93. The lowest BCUT2D eigenvalue weighted by Crippen LogP contribution is -2.12. The predicted octanol–water partition coefficient (Wildman–Crippen LogP) is 5.50. The van der Waals surface area contributed by atoms with Crippen LogP contribution in [-0.2, 0) is 16.0 Å². The van der Waals surface area contributed by atoms with Crippen molar-refractivity contribution >= 4 is 34.1 Å². The highest BCUT2D eigenvalue weighted by molar-refractivity contribution is 5.94. The van der Waals surface area contributed by atoms with Gasteiger partial charge in [0.15, 0.2) is 0 Å². The normalized spacial score (nSPS) is 10.8. The second-order valence-corrected chi connectivity index (χ2v) is 7.34. The van der Waals surface area contributed by atoms with E-state index in [1.54, 1.807) is 30.3 Å². The summed E-state index contributed by atoms with van der Waals surface area (Å²) < 4.78 is 13.9. The van der Waals surface area contributed by atoms with Crippen LogP contribution < -0.4 is 10.6 Å². The minimum Gasteiger partial charge on any atom is -0.354 e. The average Bonchev–Trinajstić information content (AvgIpc) is 3.11. The molecule has 3 N–H and O–H groups in total. The minimum atomic E-state index is -0.309. The first-order valence-electron chi connectivity index (χ1n) is 10.0. The summed E-state index contributed by atoms with van der Waals surface area (Å²) in [6, 6.07) is 21.4. The third kappa shape index (κ3) is 4.80. The molecule has 6 heteroatoms. The lowest BCUT2D eigenvalue weighted by atomic mass is 10.0. The number of anilines is 2. The largest absolute Gasteiger partial charge is 0.354 e. The van der Waals surface area contributed by atoms with Gasteiger partial charge in [-0.3, -0.25) is 9.59 Å². The number of aromatic nitrogens is 1. The van der Waals surface area contributed by atoms with Crippen LogP contribution >= 0.6 is 0 Å². The van der Waals surface area contributed by atoms with E-state index in [9.17, 15) is 14.0 Å². The molecule has 0 unspecified atom stereocenters. The zero-order valence-corrected chi connectivity index (χ0v) is 17.0. The summed E-state index contributed by atoms with van der Waals surface area (Å²) in [7, 11) is 0. The maximum Gasteiger partial charge on any atom is 0.224 e. The number of aryl methyl sites for hydroxylation is 1. The molecule has 3 aromatic carbocycles. The number of carbonyl (C=O) groups excluding carboxylic acids is 2. The maximum atomic E-state index is 13.9. The van der Waals surface area contributed by atoms with Gasteiger partial charge in [0.1, 0.15) is 5.82 Å². The molecule has 0 saturated carbocycles. The van der Waals surface area contributed by atoms with Crippen LogP contribution in [-0.4, -0.2) is 16.8 Å². The van der Waals surface area contributed by atoms with Gasteiger partial charge in [0, 0.05) is 41.3 Å². The van der Waals surface area contributed by atoms with Crippen LogP contribution in [0.5, 0.6) is 0 Å². The van der Waals surface area contributed by atoms with Crippen LogP contribution in [0.25, 0.3) is 22.2 Å². The molecule has 0 bridgehead atoms. The molecule has 0 radical (unpaired) electrons. The molecule has 0 aliphatic rings. The molecule has 156 valence electrons. The van der Waals surface area contributed by atoms with E-state index in [-0.39, 0.29) is 24.1 Å². The van der Waals surface area contributed by atoms with Gasteiger partial charge >= 0.3 is 0 Å². The number of carbonyl (C=O) groups is 2. The fourth-order valence-electron chi connectivity index (χ4n) is 3.63. The van der Waals surface area contributed by atoms with Gasteiger partial charge < -0.3 is 15.6 Å². The zero-order valence-electron chi connectivity index (χ0n) is 17.0. The van der Waals surface area contributed by atoms with Gasteiger partial charge in [-0.15, -0.1) is 0 Å². The number of rotatable bonds is 6. The second kappa shape index (κ2) is 8.83. The Morgan fingerprint density at radius 2 is 1.58 bits per heavy atom. The predicted molar refractivity (Wildman–Crippen MR) is 121 cm³/mol. The molecule has 1 aromatic heterocycles. The molecule has 0 spiro atoms. The molecule has 2 amide bonds. The minimum absolute atomic E-state index is 0.142. The molecule has 0 atom stereocenters. The van der Waals surface area contributed by atoms with Crippen molar-refractivity contribution in [2.24, 2.45) is 0 Å². The first kappa shape index (κ1) is 20.3. The van der Waals surface area contributed by atoms with Crippen LogP contribution in [0.2, 0.25) is 0 Å². The number of fused-ring (bicyclic) bond motifs is 1. The van der Waals surface area contributed by atoms with Crippen molar-refractivity contribution in [2.45, 2.75) is 19.8 Å². The van der Waals surface area contributed by atoms with Crippen molar-refractivity contribution in [1.82, 2.24) is 4.98 Å². The Balaban J connectivity index is 1.52. The second-order valence-electron chi connectivity index (χ2n) is 7.34. The first-order chi connectivity index (χ1) is 15.0. The Kier molecular flexibility index (Phi) is 5.80. The summed E-state index contributed by atoms with van der Waals surface area (Å²) in [5.74, 6) is -0.603. The molecule has 31 heavy (non-hydrogen) atoms. The molecule has 0 aliphatic carbocycles. The molecule has 4 aromatic rings. The number of nitrogens with one attached hydrogen (secondary N) is 3. The number of hydrogen-bond acceptors (Lipinski definition) is 2. The van der Waals surface area contributed by atoms with E-state index < -0.39 is 0 Å². The van der Waals surface area contributed by atoms with Crippen molar-refractivity contribution in [1.29, 1.82) is 0 Å². The lowest BCUT2D eigenvalue weighted by Gasteiger charge is -2.08. The Bertz CT molecular complexity index is 1230. The van der Waals surface area contributed by atoms with Crippen LogP contribution in [0.3, 0.4) is 0 Å². The monoisotopic (exact) mass is 415 g/mol. The van der Waals surface area contributed by atoms with Gasteiger partial charge in [-0.05, 0) is 60.0 Å². The average molecular weight is 415 g/mol. The van der Waals surface area contributed by atoms with Crippen LogP contribution in [0.15, 0.2) is 72.8 Å². The smallest absolute Gasteiger partial charge is 0.224 e. The van der Waals surface area contributed by atoms with E-state index in [1.807, 2.05) is 30.3 Å². The lowest BCUT2D eigenvalue weighted by molar-refractivity contribution is -0.116. The summed E-state index contributed by atoms with van der Waals surface area (Å²) >= 11 is 0. The molecular formula is C25H22FN3O2. The third-order valence-corrected chi connectivity index (χ3v) is 5.02. The molecule has 0 saturated heterocycles. The molecule has 0 aliphatic heterocycles. The number of amides is 2. The van der Waals surface area contributed by atoms with E-state index in [0.717, 1.165) is 27.7 Å². The fourth-order valence-corrected chi connectivity index (χ4v) is 3.63. The van der Waals surface area contributed by atoms with Crippen LogP contribution in [0.1, 0.15) is 18.9 Å². The van der Waals surface area contributed by atoms with E-state index in [2.05, 4.69) is 15.6 Å². The van der Waals surface area contributed by atoms with Crippen molar-refractivity contribution < 1.29 is 14.0 Å². The van der Waals surface area contributed by atoms with Gasteiger partial charge in [-0.25, -0.2) is 4.39 Å². The molecule has 4 rings (SSSR count). The number of aromatic amines is 1. The Morgan fingerprint density at radius 3 is 2.26 bits per heavy atom. The maximum absolute atomic E-state index is 13.9. The van der Waals surface area contributed by atoms with E-state index in [1.165, 1.54) is 19.1 Å². The summed E-state index contributed by atoms with van der Waals surface area (Å²) in [6.45, 7) is 1.44. The highest BCUT2D eigenvalue weighted by atomic mass is 19.1.